The third-order valence-electron chi connectivity index (χ3n) is 8.83. The predicted molar refractivity (Wildman–Crippen MR) is 152 cm³/mol. The van der Waals surface area contributed by atoms with Gasteiger partial charge in [0.1, 0.15) is 9.88 Å². The van der Waals surface area contributed by atoms with Crippen molar-refractivity contribution in [1.29, 1.82) is 0 Å². The van der Waals surface area contributed by atoms with Gasteiger partial charge in [-0.2, -0.15) is 5.10 Å². The molecule has 0 spiro atoms. The smallest absolute Gasteiger partial charge is 0.348 e. The molecule has 0 atom stereocenters. The van der Waals surface area contributed by atoms with Crippen molar-refractivity contribution in [3.63, 3.8) is 0 Å². The van der Waals surface area contributed by atoms with Gasteiger partial charge in [0.2, 0.25) is 0 Å². The molecule has 0 radical (unpaired) electrons. The van der Waals surface area contributed by atoms with Crippen molar-refractivity contribution < 1.29 is 23.9 Å². The van der Waals surface area contributed by atoms with Gasteiger partial charge < -0.3 is 14.8 Å². The Balaban J connectivity index is 1.41. The topological polar surface area (TPSA) is 99.5 Å². The molecule has 4 aliphatic rings. The van der Waals surface area contributed by atoms with E-state index in [4.69, 9.17) is 14.6 Å². The van der Waals surface area contributed by atoms with Crippen LogP contribution in [0.3, 0.4) is 0 Å². The summed E-state index contributed by atoms with van der Waals surface area (Å²) in [6.45, 7) is 5.51. The maximum atomic E-state index is 14.1. The third kappa shape index (κ3) is 4.64. The highest BCUT2D eigenvalue weighted by Gasteiger charge is 2.54. The van der Waals surface area contributed by atoms with Crippen LogP contribution in [0.25, 0.3) is 5.69 Å². The first-order chi connectivity index (χ1) is 19.3. The second kappa shape index (κ2) is 10.5. The monoisotopic (exact) mass is 561 g/mol. The first-order valence-corrected chi connectivity index (χ1v) is 15.1. The van der Waals surface area contributed by atoms with E-state index >= 15 is 0 Å². The highest BCUT2D eigenvalue weighted by molar-refractivity contribution is 7.18. The number of amides is 1. The summed E-state index contributed by atoms with van der Waals surface area (Å²) in [4.78, 5) is 40.0. The Morgan fingerprint density at radius 3 is 2.17 bits per heavy atom. The van der Waals surface area contributed by atoms with Crippen LogP contribution in [-0.4, -0.2) is 40.8 Å². The number of benzene rings is 1. The molecule has 40 heavy (non-hydrogen) atoms. The molecule has 4 aliphatic carbocycles. The van der Waals surface area contributed by atoms with Crippen LogP contribution in [0.1, 0.15) is 94.0 Å². The summed E-state index contributed by atoms with van der Waals surface area (Å²) in [6, 6.07) is 9.82. The summed E-state index contributed by atoms with van der Waals surface area (Å²) < 4.78 is 12.3. The molecule has 3 aromatic rings. The van der Waals surface area contributed by atoms with Gasteiger partial charge in [-0.1, -0.05) is 18.2 Å². The lowest BCUT2D eigenvalue weighted by atomic mass is 9.48. The van der Waals surface area contributed by atoms with E-state index in [1.165, 1.54) is 19.3 Å². The lowest BCUT2D eigenvalue weighted by Gasteiger charge is -2.56. The Morgan fingerprint density at radius 2 is 1.57 bits per heavy atom. The van der Waals surface area contributed by atoms with Gasteiger partial charge in [-0.05, 0) is 94.7 Å². The van der Waals surface area contributed by atoms with Crippen molar-refractivity contribution in [2.75, 3.05) is 18.5 Å². The van der Waals surface area contributed by atoms with Gasteiger partial charge in [-0.25, -0.2) is 14.3 Å². The molecule has 4 bridgehead atoms. The Kier molecular flexibility index (Phi) is 7.02. The maximum absolute atomic E-state index is 14.1. The fourth-order valence-electron chi connectivity index (χ4n) is 7.66. The standard InChI is InChI=1S/C31H35N3O5S/c1-4-38-29(36)24-18(3)25(30(37)39-5-2)40-28(24)32-27(35)23-17-34(22-9-7-6-8-10-22)33-26(23)31-14-19-11-20(15-31)13-21(12-19)16-31/h6-10,17,19-21H,4-5,11-16H2,1-3H3,(H,32,35). The number of anilines is 1. The van der Waals surface area contributed by atoms with Crippen molar-refractivity contribution in [1.82, 2.24) is 9.78 Å². The number of nitrogens with zero attached hydrogens (tertiary/aromatic N) is 2. The van der Waals surface area contributed by atoms with Crippen LogP contribution >= 0.6 is 11.3 Å². The van der Waals surface area contributed by atoms with E-state index in [2.05, 4.69) is 5.32 Å². The van der Waals surface area contributed by atoms with E-state index in [0.29, 0.717) is 28.9 Å². The molecule has 2 aromatic heterocycles. The molecule has 0 aliphatic heterocycles. The molecular formula is C31H35N3O5S. The zero-order valence-electron chi connectivity index (χ0n) is 23.2. The Bertz CT molecular complexity index is 1420. The van der Waals surface area contributed by atoms with E-state index in [9.17, 15) is 14.4 Å². The first kappa shape index (κ1) is 26.7. The third-order valence-corrected chi connectivity index (χ3v) is 10.0. The Morgan fingerprint density at radius 1 is 0.975 bits per heavy atom. The SMILES string of the molecule is CCOC(=O)c1sc(NC(=O)c2cn(-c3ccccc3)nc2C23CC4CC(CC(C4)C2)C3)c(C(=O)OCC)c1C. The minimum Gasteiger partial charge on any atom is -0.462 e. The van der Waals surface area contributed by atoms with Crippen molar-refractivity contribution in [2.45, 2.75) is 64.7 Å². The van der Waals surface area contributed by atoms with Gasteiger partial charge in [0, 0.05) is 11.6 Å². The van der Waals surface area contributed by atoms with Gasteiger partial charge in [0.25, 0.3) is 5.91 Å². The number of ether oxygens (including phenoxy) is 2. The van der Waals surface area contributed by atoms with Crippen LogP contribution < -0.4 is 5.32 Å². The van der Waals surface area contributed by atoms with Crippen molar-refractivity contribution in [3.05, 3.63) is 63.8 Å². The molecule has 4 saturated carbocycles. The molecule has 4 fully saturated rings. The number of rotatable bonds is 8. The van der Waals surface area contributed by atoms with Crippen LogP contribution in [0.2, 0.25) is 0 Å². The lowest BCUT2D eigenvalue weighted by molar-refractivity contribution is -0.00765. The van der Waals surface area contributed by atoms with Crippen LogP contribution in [-0.2, 0) is 14.9 Å². The zero-order chi connectivity index (χ0) is 28.0. The molecule has 2 heterocycles. The summed E-state index contributed by atoms with van der Waals surface area (Å²) in [5, 5.41) is 8.35. The zero-order valence-corrected chi connectivity index (χ0v) is 24.0. The van der Waals surface area contributed by atoms with E-state index < -0.39 is 11.9 Å². The van der Waals surface area contributed by atoms with Crippen LogP contribution in [0, 0.1) is 24.7 Å². The summed E-state index contributed by atoms with van der Waals surface area (Å²) in [7, 11) is 0. The number of esters is 2. The molecule has 1 aromatic carbocycles. The van der Waals surface area contributed by atoms with E-state index in [1.54, 1.807) is 25.5 Å². The quantitative estimate of drug-likeness (QED) is 0.323. The summed E-state index contributed by atoms with van der Waals surface area (Å²) >= 11 is 1.05. The van der Waals surface area contributed by atoms with E-state index in [0.717, 1.165) is 42.0 Å². The first-order valence-electron chi connectivity index (χ1n) is 14.3. The number of thiophene rings is 1. The summed E-state index contributed by atoms with van der Waals surface area (Å²) in [5.74, 6) is 0.616. The summed E-state index contributed by atoms with van der Waals surface area (Å²) in [5.41, 5.74) is 2.77. The second-order valence-electron chi connectivity index (χ2n) is 11.5. The van der Waals surface area contributed by atoms with Crippen LogP contribution in [0.5, 0.6) is 0 Å². The van der Waals surface area contributed by atoms with E-state index in [-0.39, 0.29) is 40.0 Å². The number of carbonyl (C=O) groups excluding carboxylic acids is 3. The number of hydrogen-bond donors (Lipinski definition) is 1. The molecule has 8 nitrogen and oxygen atoms in total. The van der Waals surface area contributed by atoms with Gasteiger partial charge >= 0.3 is 11.9 Å². The summed E-state index contributed by atoms with van der Waals surface area (Å²) in [6.07, 6.45) is 8.85. The Labute approximate surface area is 238 Å². The number of nitrogens with one attached hydrogen (secondary N) is 1. The fourth-order valence-corrected chi connectivity index (χ4v) is 8.74. The molecule has 0 saturated heterocycles. The van der Waals surface area contributed by atoms with Gasteiger partial charge in [-0.3, -0.25) is 4.79 Å². The fraction of sp³-hybridized carbons (Fsp3) is 0.484. The second-order valence-corrected chi connectivity index (χ2v) is 12.5. The highest BCUT2D eigenvalue weighted by atomic mass is 32.1. The van der Waals surface area contributed by atoms with Crippen molar-refractivity contribution in [3.8, 4) is 5.69 Å². The largest absolute Gasteiger partial charge is 0.462 e. The molecule has 1 N–H and O–H groups in total. The van der Waals surface area contributed by atoms with Crippen LogP contribution in [0.4, 0.5) is 5.00 Å². The molecule has 1 amide bonds. The van der Waals surface area contributed by atoms with Crippen molar-refractivity contribution in [2.24, 2.45) is 17.8 Å². The van der Waals surface area contributed by atoms with E-state index in [1.807, 2.05) is 36.5 Å². The normalized spacial score (nSPS) is 24.6. The Hall–Kier alpha value is -3.46. The average Bonchev–Trinajstić information content (AvgIpc) is 3.51. The van der Waals surface area contributed by atoms with Gasteiger partial charge in [0.05, 0.1) is 35.7 Å². The maximum Gasteiger partial charge on any atom is 0.348 e. The van der Waals surface area contributed by atoms with Crippen LogP contribution in [0.15, 0.2) is 36.5 Å². The number of para-hydroxylation sites is 1. The molecule has 210 valence electrons. The minimum atomic E-state index is -0.580. The highest BCUT2D eigenvalue weighted by Crippen LogP contribution is 2.61. The van der Waals surface area contributed by atoms with Gasteiger partial charge in [-0.15, -0.1) is 11.3 Å². The number of hydrogen-bond acceptors (Lipinski definition) is 7. The predicted octanol–water partition coefficient (Wildman–Crippen LogP) is 6.32. The molecule has 0 unspecified atom stereocenters. The number of carbonyl (C=O) groups is 3. The number of aromatic nitrogens is 2. The lowest BCUT2D eigenvalue weighted by Crippen LogP contribution is -2.49. The molecular weight excluding hydrogens is 526 g/mol. The van der Waals surface area contributed by atoms with Crippen molar-refractivity contribution >= 4 is 34.2 Å². The average molecular weight is 562 g/mol. The minimum absolute atomic E-state index is 0.118. The molecule has 7 rings (SSSR count). The van der Waals surface area contributed by atoms with Gasteiger partial charge in [0.15, 0.2) is 0 Å². The molecule has 9 heteroatoms.